The van der Waals surface area contributed by atoms with Crippen LogP contribution in [-0.4, -0.2) is 41.3 Å². The number of halogens is 1. The number of carbonyl (C=O) groups is 2. The zero-order chi connectivity index (χ0) is 21.7. The van der Waals surface area contributed by atoms with Crippen LogP contribution in [0.4, 0.5) is 4.39 Å². The van der Waals surface area contributed by atoms with Gasteiger partial charge in [-0.1, -0.05) is 20.3 Å². The molecule has 1 atom stereocenters. The van der Waals surface area contributed by atoms with E-state index in [1.807, 2.05) is 18.7 Å². The molecule has 1 fully saturated rings. The topological polar surface area (TPSA) is 62.3 Å². The van der Waals surface area contributed by atoms with Crippen molar-refractivity contribution in [3.05, 3.63) is 40.7 Å². The lowest BCUT2D eigenvalue weighted by molar-refractivity contribution is -0.126. The summed E-state index contributed by atoms with van der Waals surface area (Å²) in [5.74, 6) is 0.0918. The molecule has 1 N–H and O–H groups in total. The molecule has 1 aromatic carbocycles. The number of nitrogens with one attached hydrogen (secondary N) is 1. The summed E-state index contributed by atoms with van der Waals surface area (Å²) in [4.78, 5) is 32.4. The molecule has 162 valence electrons. The first-order valence-corrected chi connectivity index (χ1v) is 11.5. The first-order valence-electron chi connectivity index (χ1n) is 10.7. The fourth-order valence-electron chi connectivity index (χ4n) is 3.82. The minimum absolute atomic E-state index is 0.00291. The number of hydrogen-bond donors (Lipinski definition) is 1. The normalized spacial score (nSPS) is 15.8. The van der Waals surface area contributed by atoms with Crippen molar-refractivity contribution in [2.45, 2.75) is 46.5 Å². The summed E-state index contributed by atoms with van der Waals surface area (Å²) in [7, 11) is 0. The number of benzene rings is 1. The molecular formula is C23H30FN3O2S. The monoisotopic (exact) mass is 431 g/mol. The van der Waals surface area contributed by atoms with Crippen molar-refractivity contribution in [3.8, 4) is 10.6 Å². The van der Waals surface area contributed by atoms with E-state index < -0.39 is 0 Å². The quantitative estimate of drug-likeness (QED) is 0.649. The van der Waals surface area contributed by atoms with Crippen molar-refractivity contribution in [3.63, 3.8) is 0 Å². The number of piperidine rings is 1. The van der Waals surface area contributed by atoms with Crippen LogP contribution in [-0.2, 0) is 4.79 Å². The summed E-state index contributed by atoms with van der Waals surface area (Å²) in [6.07, 6.45) is 3.72. The highest BCUT2D eigenvalue weighted by Crippen LogP contribution is 2.31. The van der Waals surface area contributed by atoms with Gasteiger partial charge in [-0.15, -0.1) is 11.3 Å². The molecule has 0 spiro atoms. The Balaban J connectivity index is 1.59. The maximum absolute atomic E-state index is 13.2. The molecule has 2 heterocycles. The minimum Gasteiger partial charge on any atom is -0.356 e. The maximum atomic E-state index is 13.2. The SMILES string of the molecule is CCCCNC(=O)[C@H](C)C1CCN(C(=O)c2sc(-c3ccc(F)cc3)nc2C)CC1. The van der Waals surface area contributed by atoms with Gasteiger partial charge in [-0.2, -0.15) is 0 Å². The van der Waals surface area contributed by atoms with Gasteiger partial charge in [0.05, 0.1) is 5.69 Å². The second-order valence-electron chi connectivity index (χ2n) is 8.00. The average molecular weight is 432 g/mol. The first kappa shape index (κ1) is 22.4. The van der Waals surface area contributed by atoms with E-state index in [0.29, 0.717) is 29.6 Å². The number of unbranched alkanes of at least 4 members (excludes halogenated alkanes) is 1. The van der Waals surface area contributed by atoms with Gasteiger partial charge < -0.3 is 10.2 Å². The summed E-state index contributed by atoms with van der Waals surface area (Å²) in [5.41, 5.74) is 1.51. The molecule has 0 saturated carbocycles. The Morgan fingerprint density at radius 1 is 1.27 bits per heavy atom. The van der Waals surface area contributed by atoms with Gasteiger partial charge in [0.25, 0.3) is 5.91 Å². The minimum atomic E-state index is -0.292. The highest BCUT2D eigenvalue weighted by Gasteiger charge is 2.31. The van der Waals surface area contributed by atoms with E-state index in [1.54, 1.807) is 12.1 Å². The molecule has 1 aromatic heterocycles. The van der Waals surface area contributed by atoms with E-state index in [0.717, 1.165) is 42.8 Å². The van der Waals surface area contributed by atoms with Crippen LogP contribution in [0, 0.1) is 24.6 Å². The van der Waals surface area contributed by atoms with Gasteiger partial charge >= 0.3 is 0 Å². The Morgan fingerprint density at radius 2 is 1.93 bits per heavy atom. The highest BCUT2D eigenvalue weighted by molar-refractivity contribution is 7.17. The van der Waals surface area contributed by atoms with Crippen LogP contribution in [0.5, 0.6) is 0 Å². The highest BCUT2D eigenvalue weighted by atomic mass is 32.1. The zero-order valence-corrected chi connectivity index (χ0v) is 18.7. The van der Waals surface area contributed by atoms with Crippen LogP contribution >= 0.6 is 11.3 Å². The fourth-order valence-corrected chi connectivity index (χ4v) is 4.86. The molecular weight excluding hydrogens is 401 g/mol. The summed E-state index contributed by atoms with van der Waals surface area (Å²) >= 11 is 1.35. The molecule has 0 unspecified atom stereocenters. The standard InChI is InChI=1S/C23H30FN3O2S/c1-4-5-12-25-21(28)15(2)17-10-13-27(14-11-17)23(29)20-16(3)26-22(30-20)18-6-8-19(24)9-7-18/h6-9,15,17H,4-5,10-14H2,1-3H3,(H,25,28)/t15-/m1/s1. The largest absolute Gasteiger partial charge is 0.356 e. The Kier molecular flexibility index (Phi) is 7.58. The molecule has 0 radical (unpaired) electrons. The number of aromatic nitrogens is 1. The van der Waals surface area contributed by atoms with E-state index in [2.05, 4.69) is 17.2 Å². The Morgan fingerprint density at radius 3 is 2.57 bits per heavy atom. The van der Waals surface area contributed by atoms with Crippen molar-refractivity contribution in [1.29, 1.82) is 0 Å². The number of aryl methyl sites for hydroxylation is 1. The number of nitrogens with zero attached hydrogens (tertiary/aromatic N) is 2. The van der Waals surface area contributed by atoms with Crippen LogP contribution in [0.2, 0.25) is 0 Å². The van der Waals surface area contributed by atoms with E-state index in [1.165, 1.54) is 23.5 Å². The maximum Gasteiger partial charge on any atom is 0.265 e. The Hall–Kier alpha value is -2.28. The van der Waals surface area contributed by atoms with E-state index >= 15 is 0 Å². The lowest BCUT2D eigenvalue weighted by Gasteiger charge is -2.34. The molecule has 30 heavy (non-hydrogen) atoms. The number of likely N-dealkylation sites (tertiary alicyclic amines) is 1. The van der Waals surface area contributed by atoms with Gasteiger partial charge in [0.2, 0.25) is 5.91 Å². The summed E-state index contributed by atoms with van der Waals surface area (Å²) in [6.45, 7) is 7.98. The third kappa shape index (κ3) is 5.25. The van der Waals surface area contributed by atoms with Crippen molar-refractivity contribution in [2.75, 3.05) is 19.6 Å². The average Bonchev–Trinajstić information content (AvgIpc) is 3.15. The molecule has 2 amide bonds. The Labute approximate surface area is 181 Å². The lowest BCUT2D eigenvalue weighted by atomic mass is 9.84. The van der Waals surface area contributed by atoms with Crippen molar-refractivity contribution < 1.29 is 14.0 Å². The van der Waals surface area contributed by atoms with Gasteiger partial charge in [0, 0.05) is 31.1 Å². The molecule has 3 rings (SSSR count). The summed E-state index contributed by atoms with van der Waals surface area (Å²) in [5, 5.41) is 3.75. The summed E-state index contributed by atoms with van der Waals surface area (Å²) < 4.78 is 13.2. The number of hydrogen-bond acceptors (Lipinski definition) is 4. The number of amides is 2. The van der Waals surface area contributed by atoms with E-state index in [4.69, 9.17) is 0 Å². The van der Waals surface area contributed by atoms with Crippen LogP contribution in [0.25, 0.3) is 10.6 Å². The molecule has 1 aliphatic heterocycles. The third-order valence-electron chi connectivity index (χ3n) is 5.86. The van der Waals surface area contributed by atoms with Crippen LogP contribution in [0.15, 0.2) is 24.3 Å². The second kappa shape index (κ2) is 10.2. The zero-order valence-electron chi connectivity index (χ0n) is 17.9. The predicted molar refractivity (Wildman–Crippen MR) is 118 cm³/mol. The first-order chi connectivity index (χ1) is 14.4. The molecule has 2 aromatic rings. The van der Waals surface area contributed by atoms with Crippen molar-refractivity contribution >= 4 is 23.2 Å². The van der Waals surface area contributed by atoms with Crippen LogP contribution < -0.4 is 5.32 Å². The van der Waals surface area contributed by atoms with E-state index in [-0.39, 0.29) is 23.5 Å². The summed E-state index contributed by atoms with van der Waals surface area (Å²) in [6, 6.07) is 6.16. The van der Waals surface area contributed by atoms with Crippen molar-refractivity contribution in [2.24, 2.45) is 11.8 Å². The molecule has 7 heteroatoms. The van der Waals surface area contributed by atoms with Gasteiger partial charge in [0.15, 0.2) is 0 Å². The van der Waals surface area contributed by atoms with E-state index in [9.17, 15) is 14.0 Å². The van der Waals surface area contributed by atoms with Crippen LogP contribution in [0.1, 0.15) is 54.9 Å². The Bertz CT molecular complexity index is 873. The molecule has 1 saturated heterocycles. The lowest BCUT2D eigenvalue weighted by Crippen LogP contribution is -2.42. The van der Waals surface area contributed by atoms with Gasteiger partial charge in [0.1, 0.15) is 15.7 Å². The van der Waals surface area contributed by atoms with Crippen LogP contribution in [0.3, 0.4) is 0 Å². The number of rotatable bonds is 7. The fraction of sp³-hybridized carbons (Fsp3) is 0.522. The number of thiazole rings is 1. The molecule has 5 nitrogen and oxygen atoms in total. The second-order valence-corrected chi connectivity index (χ2v) is 9.00. The molecule has 1 aliphatic rings. The van der Waals surface area contributed by atoms with Gasteiger partial charge in [-0.25, -0.2) is 9.37 Å². The molecule has 0 bridgehead atoms. The molecule has 0 aliphatic carbocycles. The van der Waals surface area contributed by atoms with Crippen molar-refractivity contribution in [1.82, 2.24) is 15.2 Å². The predicted octanol–water partition coefficient (Wildman–Crippen LogP) is 4.66. The van der Waals surface area contributed by atoms with Gasteiger partial charge in [-0.05, 0) is 56.4 Å². The number of carbonyl (C=O) groups excluding carboxylic acids is 2. The smallest absolute Gasteiger partial charge is 0.265 e. The third-order valence-corrected chi connectivity index (χ3v) is 7.05. The van der Waals surface area contributed by atoms with Gasteiger partial charge in [-0.3, -0.25) is 9.59 Å².